The molecule has 6 nitrogen and oxygen atoms in total. The summed E-state index contributed by atoms with van der Waals surface area (Å²) in [6, 6.07) is 13.2. The molecule has 3 aromatic rings. The highest BCUT2D eigenvalue weighted by Crippen LogP contribution is 2.47. The molecule has 2 heterocycles. The quantitative estimate of drug-likeness (QED) is 0.425. The van der Waals surface area contributed by atoms with Gasteiger partial charge in [0.15, 0.2) is 16.6 Å². The van der Waals surface area contributed by atoms with Crippen molar-refractivity contribution < 1.29 is 22.1 Å². The lowest BCUT2D eigenvalue weighted by Crippen LogP contribution is -2.16. The van der Waals surface area contributed by atoms with Crippen molar-refractivity contribution in [2.24, 2.45) is 0 Å². The summed E-state index contributed by atoms with van der Waals surface area (Å²) in [6.45, 7) is 1.69. The van der Waals surface area contributed by atoms with E-state index >= 15 is 0 Å². The Morgan fingerprint density at radius 1 is 1.18 bits per heavy atom. The molecular weight excluding hydrogens is 446 g/mol. The Morgan fingerprint density at radius 3 is 2.71 bits per heavy atom. The van der Waals surface area contributed by atoms with Gasteiger partial charge in [0.25, 0.3) is 0 Å². The van der Waals surface area contributed by atoms with Crippen LogP contribution >= 0.6 is 15.9 Å². The van der Waals surface area contributed by atoms with E-state index in [0.29, 0.717) is 17.9 Å². The molecule has 0 saturated carbocycles. The van der Waals surface area contributed by atoms with E-state index in [9.17, 15) is 13.2 Å². The molecule has 0 aliphatic carbocycles. The average molecular weight is 460 g/mol. The molecule has 0 saturated heterocycles. The van der Waals surface area contributed by atoms with Gasteiger partial charge >= 0.3 is 10.1 Å². The first-order valence-corrected chi connectivity index (χ1v) is 10.5. The number of halogens is 1. The van der Waals surface area contributed by atoms with E-state index < -0.39 is 10.1 Å². The van der Waals surface area contributed by atoms with E-state index in [2.05, 4.69) is 20.9 Å². The number of hydrogen-bond acceptors (Lipinski definition) is 6. The minimum absolute atomic E-state index is 0.0605. The normalized spacial score (nSPS) is 12.5. The molecule has 28 heavy (non-hydrogen) atoms. The van der Waals surface area contributed by atoms with Crippen molar-refractivity contribution in [3.05, 3.63) is 70.3 Å². The Balaban J connectivity index is 1.96. The van der Waals surface area contributed by atoms with Crippen LogP contribution in [-0.4, -0.2) is 19.2 Å². The maximum Gasteiger partial charge on any atom is 0.356 e. The molecule has 0 fully saturated rings. The standard InChI is InChI=1S/C20H14BrNO5S/c1-12(23)15-7-8-17-19(16-10-14(21)6-5-13(16)11-26-17)20(15)27-28(24,25)18-4-2-3-9-22-18/h2-10H,11H2,1H3. The summed E-state index contributed by atoms with van der Waals surface area (Å²) in [4.78, 5) is 16.1. The van der Waals surface area contributed by atoms with Gasteiger partial charge in [-0.1, -0.05) is 28.1 Å². The van der Waals surface area contributed by atoms with Crippen LogP contribution in [0.2, 0.25) is 0 Å². The number of ether oxygens (including phenoxy) is 1. The number of nitrogens with zero attached hydrogens (tertiary/aromatic N) is 1. The summed E-state index contributed by atoms with van der Waals surface area (Å²) in [6.07, 6.45) is 1.36. The summed E-state index contributed by atoms with van der Waals surface area (Å²) in [5.41, 5.74) is 2.17. The highest BCUT2D eigenvalue weighted by molar-refractivity contribution is 9.10. The van der Waals surface area contributed by atoms with Crippen molar-refractivity contribution in [2.75, 3.05) is 0 Å². The van der Waals surface area contributed by atoms with Crippen LogP contribution in [0.25, 0.3) is 11.1 Å². The van der Waals surface area contributed by atoms with Crippen LogP contribution in [0.4, 0.5) is 0 Å². The maximum atomic E-state index is 12.8. The lowest BCUT2D eigenvalue weighted by atomic mass is 9.93. The van der Waals surface area contributed by atoms with Crippen molar-refractivity contribution in [1.29, 1.82) is 0 Å². The number of rotatable bonds is 4. The number of hydrogen-bond donors (Lipinski definition) is 0. The molecule has 0 bridgehead atoms. The second kappa shape index (κ2) is 7.03. The van der Waals surface area contributed by atoms with Gasteiger partial charge in [-0.2, -0.15) is 8.42 Å². The fourth-order valence-electron chi connectivity index (χ4n) is 3.01. The van der Waals surface area contributed by atoms with Crippen LogP contribution in [0.15, 0.2) is 64.2 Å². The van der Waals surface area contributed by atoms with E-state index in [1.54, 1.807) is 18.2 Å². The molecule has 1 aromatic heterocycles. The lowest BCUT2D eigenvalue weighted by molar-refractivity contribution is 0.101. The Kier molecular flexibility index (Phi) is 4.68. The third kappa shape index (κ3) is 3.29. The molecule has 4 rings (SSSR count). The van der Waals surface area contributed by atoms with Gasteiger partial charge in [-0.3, -0.25) is 4.79 Å². The second-order valence-electron chi connectivity index (χ2n) is 6.17. The third-order valence-electron chi connectivity index (χ3n) is 4.31. The molecule has 0 atom stereocenters. The predicted octanol–water partition coefficient (Wildman–Crippen LogP) is 4.37. The number of fused-ring (bicyclic) bond motifs is 3. The molecule has 0 N–H and O–H groups in total. The molecular formula is C20H14BrNO5S. The fourth-order valence-corrected chi connectivity index (χ4v) is 4.29. The molecule has 0 radical (unpaired) electrons. The van der Waals surface area contributed by atoms with Gasteiger partial charge in [0.05, 0.1) is 11.1 Å². The van der Waals surface area contributed by atoms with Crippen molar-refractivity contribution in [2.45, 2.75) is 18.6 Å². The summed E-state index contributed by atoms with van der Waals surface area (Å²) < 4.78 is 37.6. The largest absolute Gasteiger partial charge is 0.488 e. The van der Waals surface area contributed by atoms with Crippen LogP contribution in [0.5, 0.6) is 11.5 Å². The zero-order valence-corrected chi connectivity index (χ0v) is 17.1. The van der Waals surface area contributed by atoms with E-state index in [-0.39, 0.29) is 22.1 Å². The monoisotopic (exact) mass is 459 g/mol. The van der Waals surface area contributed by atoms with Gasteiger partial charge in [-0.25, -0.2) is 4.98 Å². The zero-order chi connectivity index (χ0) is 19.9. The van der Waals surface area contributed by atoms with Crippen molar-refractivity contribution in [1.82, 2.24) is 4.98 Å². The van der Waals surface area contributed by atoms with Crippen molar-refractivity contribution in [3.63, 3.8) is 0 Å². The number of ketones is 1. The number of Topliss-reactive ketones (excluding diaryl/α,β-unsaturated/α-hetero) is 1. The molecule has 1 aliphatic heterocycles. The van der Waals surface area contributed by atoms with Crippen molar-refractivity contribution >= 4 is 31.8 Å². The number of aromatic nitrogens is 1. The highest BCUT2D eigenvalue weighted by atomic mass is 79.9. The Bertz CT molecular complexity index is 1190. The van der Waals surface area contributed by atoms with Crippen LogP contribution in [0.3, 0.4) is 0 Å². The summed E-state index contributed by atoms with van der Waals surface area (Å²) in [5.74, 6) is 0.0627. The fraction of sp³-hybridized carbons (Fsp3) is 0.100. The minimum atomic E-state index is -4.25. The van der Waals surface area contributed by atoms with Crippen LogP contribution in [0.1, 0.15) is 22.8 Å². The second-order valence-corrected chi connectivity index (χ2v) is 8.58. The SMILES string of the molecule is CC(=O)c1ccc2c(c1OS(=O)(=O)c1ccccn1)-c1cc(Br)ccc1CO2. The van der Waals surface area contributed by atoms with Gasteiger partial charge in [0.1, 0.15) is 12.4 Å². The summed E-state index contributed by atoms with van der Waals surface area (Å²) in [5, 5.41) is -0.242. The number of pyridine rings is 1. The van der Waals surface area contributed by atoms with Gasteiger partial charge in [-0.15, -0.1) is 0 Å². The lowest BCUT2D eigenvalue weighted by Gasteiger charge is -2.24. The molecule has 2 aromatic carbocycles. The third-order valence-corrected chi connectivity index (χ3v) is 5.94. The van der Waals surface area contributed by atoms with E-state index in [4.69, 9.17) is 8.92 Å². The molecule has 0 spiro atoms. The zero-order valence-electron chi connectivity index (χ0n) is 14.7. The van der Waals surface area contributed by atoms with Gasteiger partial charge in [0.2, 0.25) is 0 Å². The molecule has 1 aliphatic rings. The smallest absolute Gasteiger partial charge is 0.356 e. The first-order valence-electron chi connectivity index (χ1n) is 8.32. The molecule has 142 valence electrons. The molecule has 0 amide bonds. The number of benzene rings is 2. The van der Waals surface area contributed by atoms with Crippen LogP contribution < -0.4 is 8.92 Å². The molecule has 0 unspecified atom stereocenters. The predicted molar refractivity (Wildman–Crippen MR) is 106 cm³/mol. The van der Waals surface area contributed by atoms with Gasteiger partial charge < -0.3 is 8.92 Å². The Hall–Kier alpha value is -2.71. The Morgan fingerprint density at radius 2 is 2.00 bits per heavy atom. The first-order chi connectivity index (χ1) is 13.4. The average Bonchev–Trinajstić information content (AvgIpc) is 2.68. The number of carbonyl (C=O) groups excluding carboxylic acids is 1. The first kappa shape index (κ1) is 18.6. The molecule has 8 heteroatoms. The van der Waals surface area contributed by atoms with Gasteiger partial charge in [0, 0.05) is 10.7 Å². The summed E-state index contributed by atoms with van der Waals surface area (Å²) >= 11 is 3.44. The van der Waals surface area contributed by atoms with E-state index in [0.717, 1.165) is 15.6 Å². The topological polar surface area (TPSA) is 82.6 Å². The van der Waals surface area contributed by atoms with Gasteiger partial charge in [-0.05, 0) is 54.4 Å². The highest BCUT2D eigenvalue weighted by Gasteiger charge is 2.29. The number of carbonyl (C=O) groups is 1. The minimum Gasteiger partial charge on any atom is -0.488 e. The van der Waals surface area contributed by atoms with Crippen LogP contribution in [0, 0.1) is 0 Å². The van der Waals surface area contributed by atoms with Crippen molar-refractivity contribution in [3.8, 4) is 22.6 Å². The van der Waals surface area contributed by atoms with E-state index in [1.165, 1.54) is 25.3 Å². The summed E-state index contributed by atoms with van der Waals surface area (Å²) in [7, 11) is -4.25. The van der Waals surface area contributed by atoms with E-state index in [1.807, 2.05) is 18.2 Å². The maximum absolute atomic E-state index is 12.8. The van der Waals surface area contributed by atoms with Crippen LogP contribution in [-0.2, 0) is 16.7 Å². The Labute approximate surface area is 170 Å².